The van der Waals surface area contributed by atoms with E-state index < -0.39 is 0 Å². The quantitative estimate of drug-likeness (QED) is 0.761. The van der Waals surface area contributed by atoms with E-state index in [-0.39, 0.29) is 24.4 Å². The number of aromatic nitrogens is 2. The van der Waals surface area contributed by atoms with Crippen molar-refractivity contribution >= 4 is 18.3 Å². The summed E-state index contributed by atoms with van der Waals surface area (Å²) in [5, 5.41) is 7.56. The SMILES string of the molecule is Cc1nn(CC(C)C)c(C)c1CCC(=O)NCC(N)C1CC1.Cl. The van der Waals surface area contributed by atoms with Gasteiger partial charge < -0.3 is 11.1 Å². The highest BCUT2D eigenvalue weighted by Gasteiger charge is 2.28. The summed E-state index contributed by atoms with van der Waals surface area (Å²) in [7, 11) is 0. The molecule has 0 aliphatic heterocycles. The van der Waals surface area contributed by atoms with Gasteiger partial charge in [0, 0.05) is 31.2 Å². The van der Waals surface area contributed by atoms with Crippen LogP contribution in [0.3, 0.4) is 0 Å². The van der Waals surface area contributed by atoms with Gasteiger partial charge in [-0.3, -0.25) is 9.48 Å². The molecule has 0 aromatic carbocycles. The topological polar surface area (TPSA) is 72.9 Å². The highest BCUT2D eigenvalue weighted by molar-refractivity contribution is 5.85. The summed E-state index contributed by atoms with van der Waals surface area (Å²) in [4.78, 5) is 12.0. The molecule has 5 nitrogen and oxygen atoms in total. The van der Waals surface area contributed by atoms with Crippen LogP contribution in [0.25, 0.3) is 0 Å². The highest BCUT2D eigenvalue weighted by Crippen LogP contribution is 2.31. The van der Waals surface area contributed by atoms with Gasteiger partial charge >= 0.3 is 0 Å². The van der Waals surface area contributed by atoms with Crippen LogP contribution in [-0.2, 0) is 17.8 Å². The van der Waals surface area contributed by atoms with Gasteiger partial charge in [0.15, 0.2) is 0 Å². The fraction of sp³-hybridized carbons (Fsp3) is 0.765. The lowest BCUT2D eigenvalue weighted by molar-refractivity contribution is -0.121. The molecule has 1 aliphatic rings. The van der Waals surface area contributed by atoms with Gasteiger partial charge in [-0.2, -0.15) is 5.10 Å². The van der Waals surface area contributed by atoms with Crippen LogP contribution in [0.15, 0.2) is 0 Å². The van der Waals surface area contributed by atoms with Crippen molar-refractivity contribution in [3.05, 3.63) is 17.0 Å². The predicted molar refractivity (Wildman–Crippen MR) is 95.8 cm³/mol. The molecule has 1 aliphatic carbocycles. The summed E-state index contributed by atoms with van der Waals surface area (Å²) in [6, 6.07) is 0.126. The maximum absolute atomic E-state index is 12.0. The van der Waals surface area contributed by atoms with Crippen molar-refractivity contribution in [2.45, 2.75) is 66.0 Å². The summed E-state index contributed by atoms with van der Waals surface area (Å²) >= 11 is 0. The van der Waals surface area contributed by atoms with Gasteiger partial charge in [-0.05, 0) is 50.5 Å². The van der Waals surface area contributed by atoms with Gasteiger partial charge in [-0.25, -0.2) is 0 Å². The molecule has 0 bridgehead atoms. The molecule has 1 aromatic rings. The molecular weight excluding hydrogens is 312 g/mol. The third-order valence-electron chi connectivity index (χ3n) is 4.43. The molecule has 6 heteroatoms. The lowest BCUT2D eigenvalue weighted by Crippen LogP contribution is -2.38. The number of nitrogens with zero attached hydrogens (tertiary/aromatic N) is 2. The van der Waals surface area contributed by atoms with Gasteiger partial charge in [-0.1, -0.05) is 13.8 Å². The lowest BCUT2D eigenvalue weighted by Gasteiger charge is -2.11. The molecule has 0 radical (unpaired) electrons. The van der Waals surface area contributed by atoms with Crippen LogP contribution in [0, 0.1) is 25.7 Å². The maximum Gasteiger partial charge on any atom is 0.220 e. The molecule has 1 fully saturated rings. The summed E-state index contributed by atoms with van der Waals surface area (Å²) in [5.41, 5.74) is 9.45. The molecular formula is C17H31ClN4O. The summed E-state index contributed by atoms with van der Waals surface area (Å²) in [5.74, 6) is 1.28. The number of rotatable bonds is 8. The number of carbonyl (C=O) groups is 1. The number of halogens is 1. The highest BCUT2D eigenvalue weighted by atomic mass is 35.5. The fourth-order valence-corrected chi connectivity index (χ4v) is 2.87. The minimum Gasteiger partial charge on any atom is -0.355 e. The molecule has 1 saturated carbocycles. The van der Waals surface area contributed by atoms with E-state index in [1.54, 1.807) is 0 Å². The Bertz CT molecular complexity index is 523. The smallest absolute Gasteiger partial charge is 0.220 e. The number of nitrogens with two attached hydrogens (primary N) is 1. The van der Waals surface area contributed by atoms with Crippen LogP contribution in [-0.4, -0.2) is 28.3 Å². The molecule has 1 unspecified atom stereocenters. The molecule has 1 heterocycles. The van der Waals surface area contributed by atoms with Crippen molar-refractivity contribution < 1.29 is 4.79 Å². The fourth-order valence-electron chi connectivity index (χ4n) is 2.87. The summed E-state index contributed by atoms with van der Waals surface area (Å²) in [6.45, 7) is 10.0. The first kappa shape index (κ1) is 20.0. The normalized spacial score (nSPS) is 15.4. The molecule has 0 spiro atoms. The molecule has 1 aromatic heterocycles. The average Bonchev–Trinajstić information content (AvgIpc) is 3.24. The van der Waals surface area contributed by atoms with Gasteiger partial charge in [0.05, 0.1) is 5.69 Å². The second-order valence-electron chi connectivity index (χ2n) is 7.03. The summed E-state index contributed by atoms with van der Waals surface area (Å²) in [6.07, 6.45) is 3.68. The first-order chi connectivity index (χ1) is 10.4. The lowest BCUT2D eigenvalue weighted by atomic mass is 10.1. The zero-order valence-electron chi connectivity index (χ0n) is 14.8. The zero-order chi connectivity index (χ0) is 16.3. The van der Waals surface area contributed by atoms with Crippen LogP contribution >= 0.6 is 12.4 Å². The van der Waals surface area contributed by atoms with E-state index >= 15 is 0 Å². The molecule has 0 saturated heterocycles. The van der Waals surface area contributed by atoms with Crippen molar-refractivity contribution in [2.75, 3.05) is 6.54 Å². The van der Waals surface area contributed by atoms with Crippen molar-refractivity contribution in [3.63, 3.8) is 0 Å². The van der Waals surface area contributed by atoms with Gasteiger partial charge in [0.1, 0.15) is 0 Å². The average molecular weight is 343 g/mol. The Labute approximate surface area is 145 Å². The van der Waals surface area contributed by atoms with Crippen LogP contribution in [0.2, 0.25) is 0 Å². The van der Waals surface area contributed by atoms with E-state index in [0.717, 1.165) is 18.7 Å². The van der Waals surface area contributed by atoms with Crippen molar-refractivity contribution in [1.29, 1.82) is 0 Å². The first-order valence-corrected chi connectivity index (χ1v) is 8.43. The van der Waals surface area contributed by atoms with E-state index in [1.807, 2.05) is 6.92 Å². The second-order valence-corrected chi connectivity index (χ2v) is 7.03. The Morgan fingerprint density at radius 3 is 2.61 bits per heavy atom. The number of nitrogens with one attached hydrogen (secondary N) is 1. The van der Waals surface area contributed by atoms with Gasteiger partial charge in [-0.15, -0.1) is 12.4 Å². The number of hydrogen-bond acceptors (Lipinski definition) is 3. The predicted octanol–water partition coefficient (Wildman–Crippen LogP) is 2.36. The van der Waals surface area contributed by atoms with Gasteiger partial charge in [0.2, 0.25) is 5.91 Å². The van der Waals surface area contributed by atoms with Crippen molar-refractivity contribution in [1.82, 2.24) is 15.1 Å². The molecule has 23 heavy (non-hydrogen) atoms. The van der Waals surface area contributed by atoms with E-state index in [2.05, 4.69) is 35.9 Å². The molecule has 3 N–H and O–H groups in total. The van der Waals surface area contributed by atoms with Crippen molar-refractivity contribution in [2.24, 2.45) is 17.6 Å². The number of hydrogen-bond donors (Lipinski definition) is 2. The molecule has 1 atom stereocenters. The largest absolute Gasteiger partial charge is 0.355 e. The van der Waals surface area contributed by atoms with Crippen LogP contribution in [0.4, 0.5) is 0 Å². The molecule has 2 rings (SSSR count). The Morgan fingerprint density at radius 1 is 1.39 bits per heavy atom. The van der Waals surface area contributed by atoms with Crippen LogP contribution in [0.5, 0.6) is 0 Å². The van der Waals surface area contributed by atoms with E-state index in [4.69, 9.17) is 5.73 Å². The molecule has 1 amide bonds. The Balaban J connectivity index is 0.00000264. The zero-order valence-corrected chi connectivity index (χ0v) is 15.6. The first-order valence-electron chi connectivity index (χ1n) is 8.43. The third kappa shape index (κ3) is 5.81. The van der Waals surface area contributed by atoms with E-state index in [0.29, 0.717) is 24.8 Å². The summed E-state index contributed by atoms with van der Waals surface area (Å²) < 4.78 is 2.07. The monoisotopic (exact) mass is 342 g/mol. The Hall–Kier alpha value is -1.07. The van der Waals surface area contributed by atoms with Crippen molar-refractivity contribution in [3.8, 4) is 0 Å². The number of carbonyl (C=O) groups excluding carboxylic acids is 1. The standard InChI is InChI=1S/C17H30N4O.ClH/c1-11(2)10-21-13(4)15(12(3)20-21)7-8-17(22)19-9-16(18)14-5-6-14;/h11,14,16H,5-10,18H2,1-4H3,(H,19,22);1H. The van der Waals surface area contributed by atoms with Crippen LogP contribution in [0.1, 0.15) is 50.1 Å². The van der Waals surface area contributed by atoms with E-state index in [1.165, 1.54) is 24.1 Å². The number of amides is 1. The minimum atomic E-state index is 0. The minimum absolute atomic E-state index is 0. The third-order valence-corrected chi connectivity index (χ3v) is 4.43. The second kappa shape index (κ2) is 8.69. The van der Waals surface area contributed by atoms with Gasteiger partial charge in [0.25, 0.3) is 0 Å². The maximum atomic E-state index is 12.0. The number of aryl methyl sites for hydroxylation is 1. The van der Waals surface area contributed by atoms with E-state index in [9.17, 15) is 4.79 Å². The Kier molecular flexibility index (Phi) is 7.55. The Morgan fingerprint density at radius 2 is 2.04 bits per heavy atom. The van der Waals surface area contributed by atoms with Crippen LogP contribution < -0.4 is 11.1 Å². The molecule has 132 valence electrons.